The SMILES string of the molecule is CC.CCCNC(=O)c1ccc(C)c(-c2nc(NCCN(C)C)nc3c2ccc(=O)n3-c2c(F)cccc2F)c1. The van der Waals surface area contributed by atoms with Crippen molar-refractivity contribution in [2.24, 2.45) is 0 Å². The lowest BCUT2D eigenvalue weighted by Gasteiger charge is -2.17. The summed E-state index contributed by atoms with van der Waals surface area (Å²) in [6, 6.07) is 11.4. The van der Waals surface area contributed by atoms with Crippen molar-refractivity contribution in [1.29, 1.82) is 0 Å². The molecule has 0 aliphatic heterocycles. The third kappa shape index (κ3) is 6.69. The largest absolute Gasteiger partial charge is 0.353 e. The number of halogens is 2. The molecule has 212 valence electrons. The zero-order chi connectivity index (χ0) is 29.4. The van der Waals surface area contributed by atoms with E-state index in [0.29, 0.717) is 41.8 Å². The number of benzene rings is 2. The van der Waals surface area contributed by atoms with Crippen LogP contribution in [0.3, 0.4) is 0 Å². The number of amides is 1. The van der Waals surface area contributed by atoms with Crippen molar-refractivity contribution in [3.8, 4) is 16.9 Å². The number of nitrogens with zero attached hydrogens (tertiary/aromatic N) is 4. The van der Waals surface area contributed by atoms with E-state index in [1.807, 2.05) is 52.8 Å². The summed E-state index contributed by atoms with van der Waals surface area (Å²) in [5.74, 6) is -1.83. The van der Waals surface area contributed by atoms with Crippen molar-refractivity contribution >= 4 is 22.9 Å². The number of carbonyl (C=O) groups excluding carboxylic acids is 1. The van der Waals surface area contributed by atoms with Crippen LogP contribution < -0.4 is 16.2 Å². The monoisotopic (exact) mass is 550 g/mol. The van der Waals surface area contributed by atoms with E-state index in [2.05, 4.69) is 15.6 Å². The summed E-state index contributed by atoms with van der Waals surface area (Å²) in [7, 11) is 3.84. The second kappa shape index (κ2) is 13.7. The van der Waals surface area contributed by atoms with Crippen LogP contribution in [0.15, 0.2) is 53.3 Å². The Bertz CT molecular complexity index is 1530. The molecule has 2 N–H and O–H groups in total. The Labute approximate surface area is 233 Å². The van der Waals surface area contributed by atoms with Crippen LogP contribution in [0, 0.1) is 18.6 Å². The molecule has 0 saturated carbocycles. The summed E-state index contributed by atoms with van der Waals surface area (Å²) in [5, 5.41) is 6.41. The molecule has 4 rings (SSSR count). The molecule has 0 atom stereocenters. The topological polar surface area (TPSA) is 92.2 Å². The molecule has 0 unspecified atom stereocenters. The van der Waals surface area contributed by atoms with Crippen LogP contribution in [-0.2, 0) is 0 Å². The van der Waals surface area contributed by atoms with Gasteiger partial charge in [0.25, 0.3) is 11.5 Å². The van der Waals surface area contributed by atoms with E-state index in [1.165, 1.54) is 18.2 Å². The fraction of sp³-hybridized carbons (Fsp3) is 0.333. The van der Waals surface area contributed by atoms with Gasteiger partial charge in [0, 0.05) is 42.2 Å². The quantitative estimate of drug-likeness (QED) is 0.299. The number of nitrogens with one attached hydrogen (secondary N) is 2. The number of hydrogen-bond acceptors (Lipinski definition) is 6. The van der Waals surface area contributed by atoms with E-state index in [0.717, 1.165) is 28.7 Å². The third-order valence-electron chi connectivity index (χ3n) is 6.04. The van der Waals surface area contributed by atoms with Gasteiger partial charge in [0.05, 0.1) is 5.69 Å². The number of aromatic nitrogens is 3. The minimum absolute atomic E-state index is 0.0408. The first kappa shape index (κ1) is 30.4. The second-order valence-corrected chi connectivity index (χ2v) is 9.23. The predicted molar refractivity (Wildman–Crippen MR) is 156 cm³/mol. The Kier molecular flexibility index (Phi) is 10.4. The number of rotatable bonds is 9. The maximum Gasteiger partial charge on any atom is 0.256 e. The van der Waals surface area contributed by atoms with Crippen molar-refractivity contribution in [2.75, 3.05) is 39.0 Å². The maximum absolute atomic E-state index is 14.9. The zero-order valence-corrected chi connectivity index (χ0v) is 23.8. The van der Waals surface area contributed by atoms with E-state index in [9.17, 15) is 18.4 Å². The van der Waals surface area contributed by atoms with Crippen LogP contribution in [0.2, 0.25) is 0 Å². The van der Waals surface area contributed by atoms with E-state index in [-0.39, 0.29) is 17.5 Å². The molecule has 8 nitrogen and oxygen atoms in total. The Hall–Kier alpha value is -4.18. The molecule has 0 fully saturated rings. The number of likely N-dealkylation sites (N-methyl/N-ethyl adjacent to an activating group) is 1. The number of pyridine rings is 1. The highest BCUT2D eigenvalue weighted by atomic mass is 19.1. The van der Waals surface area contributed by atoms with Gasteiger partial charge in [0.15, 0.2) is 5.65 Å². The van der Waals surface area contributed by atoms with Crippen LogP contribution >= 0.6 is 0 Å². The van der Waals surface area contributed by atoms with Crippen molar-refractivity contribution in [1.82, 2.24) is 24.8 Å². The smallest absolute Gasteiger partial charge is 0.256 e. The van der Waals surface area contributed by atoms with Gasteiger partial charge in [-0.2, -0.15) is 4.98 Å². The molecule has 2 heterocycles. The molecule has 10 heteroatoms. The number of para-hydroxylation sites is 1. The average molecular weight is 551 g/mol. The number of carbonyl (C=O) groups is 1. The average Bonchev–Trinajstić information content (AvgIpc) is 2.93. The molecule has 0 saturated heterocycles. The predicted octanol–water partition coefficient (Wildman–Crippen LogP) is 5.17. The molecule has 2 aromatic carbocycles. The van der Waals surface area contributed by atoms with Crippen molar-refractivity contribution < 1.29 is 13.6 Å². The number of hydrogen-bond donors (Lipinski definition) is 2. The van der Waals surface area contributed by atoms with E-state index < -0.39 is 22.9 Å². The van der Waals surface area contributed by atoms with Gasteiger partial charge in [0.2, 0.25) is 5.95 Å². The molecular weight excluding hydrogens is 514 g/mol. The first-order valence-electron chi connectivity index (χ1n) is 13.4. The van der Waals surface area contributed by atoms with Crippen LogP contribution in [0.25, 0.3) is 28.0 Å². The van der Waals surface area contributed by atoms with Crippen molar-refractivity contribution in [3.05, 3.63) is 81.6 Å². The highest BCUT2D eigenvalue weighted by molar-refractivity contribution is 5.98. The van der Waals surface area contributed by atoms with Gasteiger partial charge in [-0.3, -0.25) is 14.2 Å². The van der Waals surface area contributed by atoms with Crippen LogP contribution in [0.4, 0.5) is 14.7 Å². The number of aryl methyl sites for hydroxylation is 1. The highest BCUT2D eigenvalue weighted by Gasteiger charge is 2.21. The normalized spacial score (nSPS) is 10.8. The lowest BCUT2D eigenvalue weighted by atomic mass is 9.99. The van der Waals surface area contributed by atoms with Gasteiger partial charge in [-0.05, 0) is 63.3 Å². The van der Waals surface area contributed by atoms with Gasteiger partial charge in [-0.15, -0.1) is 0 Å². The summed E-state index contributed by atoms with van der Waals surface area (Å²) in [6.07, 6.45) is 0.799. The zero-order valence-electron chi connectivity index (χ0n) is 23.8. The Morgan fingerprint density at radius 1 is 1.00 bits per heavy atom. The lowest BCUT2D eigenvalue weighted by molar-refractivity contribution is 0.0953. The Morgan fingerprint density at radius 3 is 2.35 bits per heavy atom. The van der Waals surface area contributed by atoms with Gasteiger partial charge >= 0.3 is 0 Å². The van der Waals surface area contributed by atoms with Gasteiger partial charge in [-0.25, -0.2) is 13.8 Å². The first-order chi connectivity index (χ1) is 19.2. The van der Waals surface area contributed by atoms with Crippen LogP contribution in [0.1, 0.15) is 43.1 Å². The highest BCUT2D eigenvalue weighted by Crippen LogP contribution is 2.31. The summed E-state index contributed by atoms with van der Waals surface area (Å²) < 4.78 is 30.6. The van der Waals surface area contributed by atoms with Gasteiger partial charge < -0.3 is 15.5 Å². The van der Waals surface area contributed by atoms with E-state index in [1.54, 1.807) is 12.1 Å². The summed E-state index contributed by atoms with van der Waals surface area (Å²) in [4.78, 5) is 36.9. The van der Waals surface area contributed by atoms with Gasteiger partial charge in [-0.1, -0.05) is 32.9 Å². The molecule has 0 radical (unpaired) electrons. The van der Waals surface area contributed by atoms with Crippen LogP contribution in [0.5, 0.6) is 0 Å². The molecule has 1 amide bonds. The Balaban J connectivity index is 0.00000216. The second-order valence-electron chi connectivity index (χ2n) is 9.23. The Morgan fingerprint density at radius 2 is 1.70 bits per heavy atom. The van der Waals surface area contributed by atoms with Crippen molar-refractivity contribution in [3.63, 3.8) is 0 Å². The molecule has 0 bridgehead atoms. The van der Waals surface area contributed by atoms with Crippen molar-refractivity contribution in [2.45, 2.75) is 34.1 Å². The minimum Gasteiger partial charge on any atom is -0.353 e. The van der Waals surface area contributed by atoms with E-state index >= 15 is 0 Å². The van der Waals surface area contributed by atoms with Gasteiger partial charge in [0.1, 0.15) is 17.3 Å². The lowest BCUT2D eigenvalue weighted by Crippen LogP contribution is -2.24. The van der Waals surface area contributed by atoms with E-state index in [4.69, 9.17) is 4.98 Å². The van der Waals surface area contributed by atoms with Crippen LogP contribution in [-0.4, -0.2) is 59.1 Å². The fourth-order valence-corrected chi connectivity index (χ4v) is 4.07. The molecule has 0 aliphatic carbocycles. The first-order valence-corrected chi connectivity index (χ1v) is 13.4. The molecule has 0 aliphatic rings. The fourth-order valence-electron chi connectivity index (χ4n) is 4.07. The molecule has 2 aromatic heterocycles. The minimum atomic E-state index is -0.896. The maximum atomic E-state index is 14.9. The standard InChI is InChI=1S/C28H30F2N6O2.C2H6/c1-5-13-31-27(38)18-10-9-17(2)20(16-18)24-19-11-12-23(37)36(25-21(29)7-6-8-22(25)30)26(19)34-28(33-24)32-14-15-35(3)4;1-2/h6-12,16H,5,13-15H2,1-4H3,(H,31,38)(H,32,33,34);1-2H3. The molecule has 0 spiro atoms. The summed E-state index contributed by atoms with van der Waals surface area (Å²) in [6.45, 7) is 9.55. The third-order valence-corrected chi connectivity index (χ3v) is 6.04. The molecule has 4 aromatic rings. The number of fused-ring (bicyclic) bond motifs is 1. The summed E-state index contributed by atoms with van der Waals surface area (Å²) in [5.41, 5.74) is 1.21. The number of anilines is 1. The summed E-state index contributed by atoms with van der Waals surface area (Å²) >= 11 is 0. The molecule has 40 heavy (non-hydrogen) atoms. The molecular formula is C30H36F2N6O2.